The molecule has 0 saturated heterocycles. The Morgan fingerprint density at radius 3 is 2.76 bits per heavy atom. The number of fused-ring (bicyclic) bond motifs is 1. The Labute approximate surface area is 109 Å². The van der Waals surface area contributed by atoms with Crippen LogP contribution in [0.2, 0.25) is 0 Å². The minimum Gasteiger partial charge on any atom is -0.357 e. The van der Waals surface area contributed by atoms with E-state index in [2.05, 4.69) is 26.2 Å². The summed E-state index contributed by atoms with van der Waals surface area (Å²) in [5, 5.41) is 3.88. The highest BCUT2D eigenvalue weighted by atomic mass is 79.9. The van der Waals surface area contributed by atoms with E-state index in [-0.39, 0.29) is 11.9 Å². The molecule has 0 unspecified atom stereocenters. The monoisotopic (exact) mass is 294 g/mol. The number of aromatic amines is 1. The molecular formula is C13H15BrN2O. The zero-order valence-corrected chi connectivity index (χ0v) is 11.7. The number of hydrogen-bond acceptors (Lipinski definition) is 1. The van der Waals surface area contributed by atoms with Crippen LogP contribution in [0.5, 0.6) is 0 Å². The number of H-pyrrole nitrogens is 1. The standard InChI is InChI=1S/C13H15BrN2O/c1-7(2)15-13(17)11-8(3)16-12-9(11)5-4-6-10(12)14/h4-7,16H,1-3H3,(H,15,17). The van der Waals surface area contributed by atoms with E-state index in [9.17, 15) is 4.79 Å². The normalized spacial score (nSPS) is 11.1. The smallest absolute Gasteiger partial charge is 0.253 e. The van der Waals surface area contributed by atoms with Crippen molar-refractivity contribution in [3.8, 4) is 0 Å². The number of hydrogen-bond donors (Lipinski definition) is 2. The van der Waals surface area contributed by atoms with Gasteiger partial charge >= 0.3 is 0 Å². The van der Waals surface area contributed by atoms with Gasteiger partial charge in [-0.2, -0.15) is 0 Å². The second-order valence-corrected chi connectivity index (χ2v) is 5.27. The third-order valence-electron chi connectivity index (χ3n) is 2.62. The molecule has 0 saturated carbocycles. The second kappa shape index (κ2) is 4.53. The first kappa shape index (κ1) is 12.2. The van der Waals surface area contributed by atoms with Crippen molar-refractivity contribution in [2.45, 2.75) is 26.8 Å². The van der Waals surface area contributed by atoms with E-state index in [1.165, 1.54) is 0 Å². The van der Waals surface area contributed by atoms with Gasteiger partial charge in [-0.3, -0.25) is 4.79 Å². The molecule has 0 bridgehead atoms. The maximum absolute atomic E-state index is 12.1. The number of aryl methyl sites for hydroxylation is 1. The van der Waals surface area contributed by atoms with Crippen LogP contribution >= 0.6 is 15.9 Å². The predicted octanol–water partition coefficient (Wildman–Crippen LogP) is 3.38. The highest BCUT2D eigenvalue weighted by Crippen LogP contribution is 2.28. The first-order valence-corrected chi connectivity index (χ1v) is 6.37. The minimum atomic E-state index is -0.0261. The summed E-state index contributed by atoms with van der Waals surface area (Å²) in [5.41, 5.74) is 2.60. The zero-order chi connectivity index (χ0) is 12.6. The number of rotatable bonds is 2. The Kier molecular flexibility index (Phi) is 3.24. The molecule has 2 aromatic rings. The number of halogens is 1. The van der Waals surface area contributed by atoms with Gasteiger partial charge in [0.15, 0.2) is 0 Å². The van der Waals surface area contributed by atoms with Gasteiger partial charge in [0.25, 0.3) is 5.91 Å². The van der Waals surface area contributed by atoms with E-state index in [0.717, 1.165) is 26.6 Å². The maximum Gasteiger partial charge on any atom is 0.253 e. The Balaban J connectivity index is 2.57. The van der Waals surface area contributed by atoms with Crippen molar-refractivity contribution >= 4 is 32.7 Å². The number of nitrogens with one attached hydrogen (secondary N) is 2. The van der Waals surface area contributed by atoms with Crippen molar-refractivity contribution in [3.63, 3.8) is 0 Å². The fraction of sp³-hybridized carbons (Fsp3) is 0.308. The van der Waals surface area contributed by atoms with E-state index in [4.69, 9.17) is 0 Å². The number of carbonyl (C=O) groups is 1. The minimum absolute atomic E-state index is 0.0261. The van der Waals surface area contributed by atoms with Gasteiger partial charge in [0, 0.05) is 21.6 Å². The van der Waals surface area contributed by atoms with Crippen molar-refractivity contribution < 1.29 is 4.79 Å². The first-order chi connectivity index (χ1) is 8.00. The molecule has 2 N–H and O–H groups in total. The van der Waals surface area contributed by atoms with Crippen LogP contribution in [-0.2, 0) is 0 Å². The summed E-state index contributed by atoms with van der Waals surface area (Å²) in [6.07, 6.45) is 0. The maximum atomic E-state index is 12.1. The van der Waals surface area contributed by atoms with Crippen LogP contribution in [0.1, 0.15) is 29.9 Å². The van der Waals surface area contributed by atoms with Gasteiger partial charge in [-0.25, -0.2) is 0 Å². The van der Waals surface area contributed by atoms with Gasteiger partial charge in [-0.05, 0) is 42.8 Å². The fourth-order valence-corrected chi connectivity index (χ4v) is 2.40. The van der Waals surface area contributed by atoms with E-state index in [1.54, 1.807) is 0 Å². The second-order valence-electron chi connectivity index (χ2n) is 4.42. The summed E-state index contributed by atoms with van der Waals surface area (Å²) in [6, 6.07) is 5.99. The van der Waals surface area contributed by atoms with Crippen molar-refractivity contribution in [1.82, 2.24) is 10.3 Å². The molecule has 1 aromatic heterocycles. The van der Waals surface area contributed by atoms with Crippen LogP contribution < -0.4 is 5.32 Å². The SMILES string of the molecule is Cc1[nH]c2c(Br)cccc2c1C(=O)NC(C)C. The molecule has 0 atom stereocenters. The van der Waals surface area contributed by atoms with Crippen molar-refractivity contribution in [3.05, 3.63) is 33.9 Å². The number of amides is 1. The van der Waals surface area contributed by atoms with Gasteiger partial charge in [-0.1, -0.05) is 12.1 Å². The first-order valence-electron chi connectivity index (χ1n) is 5.58. The summed E-state index contributed by atoms with van der Waals surface area (Å²) < 4.78 is 0.974. The molecule has 1 amide bonds. The van der Waals surface area contributed by atoms with E-state index in [0.29, 0.717) is 0 Å². The Morgan fingerprint density at radius 1 is 1.41 bits per heavy atom. The quantitative estimate of drug-likeness (QED) is 0.876. The third-order valence-corrected chi connectivity index (χ3v) is 3.28. The zero-order valence-electron chi connectivity index (χ0n) is 10.1. The lowest BCUT2D eigenvalue weighted by Crippen LogP contribution is -2.30. The van der Waals surface area contributed by atoms with Crippen molar-refractivity contribution in [2.24, 2.45) is 0 Å². The van der Waals surface area contributed by atoms with Gasteiger partial charge in [0.2, 0.25) is 0 Å². The molecule has 3 nitrogen and oxygen atoms in total. The summed E-state index contributed by atoms with van der Waals surface area (Å²) in [4.78, 5) is 15.4. The number of para-hydroxylation sites is 1. The van der Waals surface area contributed by atoms with Crippen LogP contribution in [0.15, 0.2) is 22.7 Å². The largest absolute Gasteiger partial charge is 0.357 e. The Morgan fingerprint density at radius 2 is 2.12 bits per heavy atom. The van der Waals surface area contributed by atoms with Crippen LogP contribution in [0, 0.1) is 6.92 Å². The van der Waals surface area contributed by atoms with Gasteiger partial charge in [-0.15, -0.1) is 0 Å². The lowest BCUT2D eigenvalue weighted by atomic mass is 10.1. The molecule has 90 valence electrons. The molecule has 1 heterocycles. The highest BCUT2D eigenvalue weighted by molar-refractivity contribution is 9.10. The molecular weight excluding hydrogens is 280 g/mol. The molecule has 0 aliphatic rings. The molecule has 4 heteroatoms. The molecule has 0 spiro atoms. The van der Waals surface area contributed by atoms with Crippen molar-refractivity contribution in [2.75, 3.05) is 0 Å². The van der Waals surface area contributed by atoms with Crippen LogP contribution in [-0.4, -0.2) is 16.9 Å². The van der Waals surface area contributed by atoms with E-state index >= 15 is 0 Å². The summed E-state index contributed by atoms with van der Waals surface area (Å²) in [5.74, 6) is -0.0261. The lowest BCUT2D eigenvalue weighted by molar-refractivity contribution is 0.0944. The highest BCUT2D eigenvalue weighted by Gasteiger charge is 2.17. The van der Waals surface area contributed by atoms with Gasteiger partial charge in [0.1, 0.15) is 0 Å². The number of benzene rings is 1. The topological polar surface area (TPSA) is 44.9 Å². The average molecular weight is 295 g/mol. The molecule has 0 aliphatic carbocycles. The molecule has 2 rings (SSSR count). The van der Waals surface area contributed by atoms with E-state index < -0.39 is 0 Å². The van der Waals surface area contributed by atoms with Crippen LogP contribution in [0.25, 0.3) is 10.9 Å². The number of aromatic nitrogens is 1. The summed E-state index contributed by atoms with van der Waals surface area (Å²) >= 11 is 3.48. The number of carbonyl (C=O) groups excluding carboxylic acids is 1. The Bertz CT molecular complexity index is 572. The van der Waals surface area contributed by atoms with E-state index in [1.807, 2.05) is 39.0 Å². The molecule has 0 fully saturated rings. The average Bonchev–Trinajstić information content (AvgIpc) is 2.55. The Hall–Kier alpha value is -1.29. The van der Waals surface area contributed by atoms with Gasteiger partial charge < -0.3 is 10.3 Å². The molecule has 17 heavy (non-hydrogen) atoms. The fourth-order valence-electron chi connectivity index (χ4n) is 1.94. The van der Waals surface area contributed by atoms with Crippen LogP contribution in [0.4, 0.5) is 0 Å². The van der Waals surface area contributed by atoms with Gasteiger partial charge in [0.05, 0.1) is 11.1 Å². The third kappa shape index (κ3) is 2.22. The summed E-state index contributed by atoms with van der Waals surface area (Å²) in [7, 11) is 0. The molecule has 0 aliphatic heterocycles. The molecule has 1 aromatic carbocycles. The van der Waals surface area contributed by atoms with Crippen LogP contribution in [0.3, 0.4) is 0 Å². The van der Waals surface area contributed by atoms with Crippen molar-refractivity contribution in [1.29, 1.82) is 0 Å². The predicted molar refractivity (Wildman–Crippen MR) is 73.3 cm³/mol. The summed E-state index contributed by atoms with van der Waals surface area (Å²) in [6.45, 7) is 5.83. The lowest BCUT2D eigenvalue weighted by Gasteiger charge is -2.08. The molecule has 0 radical (unpaired) electrons.